The van der Waals surface area contributed by atoms with Gasteiger partial charge in [-0.25, -0.2) is 0 Å². The Morgan fingerprint density at radius 2 is 1.76 bits per heavy atom. The number of carbonyl (C=O) groups is 2. The van der Waals surface area contributed by atoms with E-state index in [0.29, 0.717) is 17.9 Å². The van der Waals surface area contributed by atoms with Gasteiger partial charge >= 0.3 is 0 Å². The molecule has 1 unspecified atom stereocenters. The fraction of sp³-hybridized carbons (Fsp3) is 0.407. The number of ketones is 1. The Morgan fingerprint density at radius 1 is 1.06 bits per heavy atom. The zero-order chi connectivity index (χ0) is 24.0. The van der Waals surface area contributed by atoms with Crippen LogP contribution in [0, 0.1) is 0 Å². The number of aliphatic hydroxyl groups excluding tert-OH is 1. The quantitative estimate of drug-likeness (QED) is 0.330. The molecule has 33 heavy (non-hydrogen) atoms. The van der Waals surface area contributed by atoms with Crippen molar-refractivity contribution in [3.8, 4) is 5.75 Å². The van der Waals surface area contributed by atoms with Crippen molar-refractivity contribution in [2.75, 3.05) is 33.3 Å². The molecule has 2 aromatic carbocycles. The highest BCUT2D eigenvalue weighted by Crippen LogP contribution is 2.39. The van der Waals surface area contributed by atoms with Crippen LogP contribution in [-0.2, 0) is 16.0 Å². The van der Waals surface area contributed by atoms with Crippen LogP contribution in [0.2, 0.25) is 0 Å². The third kappa shape index (κ3) is 5.28. The molecule has 1 aliphatic rings. The van der Waals surface area contributed by atoms with Crippen LogP contribution in [0.15, 0.2) is 54.1 Å². The van der Waals surface area contributed by atoms with E-state index in [9.17, 15) is 14.7 Å². The number of Topliss-reactive ketones (excluding diaryl/α,β-unsaturated/α-hetero) is 1. The molecular weight excluding hydrogens is 416 g/mol. The Bertz CT molecular complexity index is 1010. The van der Waals surface area contributed by atoms with Crippen molar-refractivity contribution < 1.29 is 19.4 Å². The van der Waals surface area contributed by atoms with E-state index in [1.807, 2.05) is 24.3 Å². The fourth-order valence-corrected chi connectivity index (χ4v) is 4.32. The molecule has 2 aromatic rings. The first kappa shape index (κ1) is 24.5. The Balaban J connectivity index is 2.04. The first-order chi connectivity index (χ1) is 15.9. The van der Waals surface area contributed by atoms with Gasteiger partial charge in [0.2, 0.25) is 0 Å². The number of nitrogens with zero attached hydrogens (tertiary/aromatic N) is 2. The second-order valence-corrected chi connectivity index (χ2v) is 8.20. The minimum atomic E-state index is -0.650. The smallest absolute Gasteiger partial charge is 0.295 e. The standard InChI is InChI=1S/C27H34N2O4/c1-5-19-12-14-20(15-13-19)24-23(25(30)21-10-8-11-22(18-21)33-4)26(31)27(32)29(24)17-9-16-28(6-2)7-3/h8,10-15,18,24,30H,5-7,9,16-17H2,1-4H3/b25-23+. The van der Waals surface area contributed by atoms with Crippen LogP contribution in [0.5, 0.6) is 5.75 Å². The van der Waals surface area contributed by atoms with Crippen LogP contribution in [0.1, 0.15) is 49.9 Å². The molecule has 0 radical (unpaired) electrons. The molecule has 1 amide bonds. The van der Waals surface area contributed by atoms with Gasteiger partial charge in [-0.1, -0.05) is 57.2 Å². The summed E-state index contributed by atoms with van der Waals surface area (Å²) >= 11 is 0. The molecule has 1 aliphatic heterocycles. The number of aryl methyl sites for hydroxylation is 1. The number of amides is 1. The van der Waals surface area contributed by atoms with E-state index in [2.05, 4.69) is 25.7 Å². The lowest BCUT2D eigenvalue weighted by Crippen LogP contribution is -2.33. The molecule has 0 aromatic heterocycles. The molecule has 3 rings (SSSR count). The second kappa shape index (κ2) is 11.1. The summed E-state index contributed by atoms with van der Waals surface area (Å²) in [6.45, 7) is 9.46. The Kier molecular flexibility index (Phi) is 8.28. The maximum absolute atomic E-state index is 13.2. The highest BCUT2D eigenvalue weighted by atomic mass is 16.5. The number of likely N-dealkylation sites (tertiary alicyclic amines) is 1. The molecule has 0 aliphatic carbocycles. The molecule has 1 heterocycles. The topological polar surface area (TPSA) is 70.1 Å². The van der Waals surface area contributed by atoms with E-state index in [1.54, 1.807) is 36.3 Å². The number of rotatable bonds is 10. The number of carbonyl (C=O) groups excluding carboxylic acids is 2. The van der Waals surface area contributed by atoms with Crippen LogP contribution < -0.4 is 4.74 Å². The highest BCUT2D eigenvalue weighted by Gasteiger charge is 2.45. The highest BCUT2D eigenvalue weighted by molar-refractivity contribution is 6.46. The molecule has 1 N–H and O–H groups in total. The van der Waals surface area contributed by atoms with Crippen LogP contribution >= 0.6 is 0 Å². The summed E-state index contributed by atoms with van der Waals surface area (Å²) in [5.41, 5.74) is 2.56. The first-order valence-corrected chi connectivity index (χ1v) is 11.7. The number of hydrogen-bond acceptors (Lipinski definition) is 5. The van der Waals surface area contributed by atoms with Crippen LogP contribution in [-0.4, -0.2) is 59.9 Å². The van der Waals surface area contributed by atoms with E-state index in [4.69, 9.17) is 4.74 Å². The van der Waals surface area contributed by atoms with E-state index in [1.165, 1.54) is 5.56 Å². The van der Waals surface area contributed by atoms with Crippen molar-refractivity contribution in [3.05, 3.63) is 70.8 Å². The Labute approximate surface area is 196 Å². The Morgan fingerprint density at radius 3 is 2.36 bits per heavy atom. The van der Waals surface area contributed by atoms with Crippen molar-refractivity contribution >= 4 is 17.4 Å². The molecule has 0 bridgehead atoms. The zero-order valence-corrected chi connectivity index (χ0v) is 20.0. The van der Waals surface area contributed by atoms with E-state index in [0.717, 1.165) is 38.0 Å². The number of benzene rings is 2. The summed E-state index contributed by atoms with van der Waals surface area (Å²) in [6, 6.07) is 14.2. The van der Waals surface area contributed by atoms with Crippen molar-refractivity contribution in [3.63, 3.8) is 0 Å². The monoisotopic (exact) mass is 450 g/mol. The molecule has 1 saturated heterocycles. The molecule has 0 spiro atoms. The molecule has 1 fully saturated rings. The molecule has 0 saturated carbocycles. The van der Waals surface area contributed by atoms with E-state index >= 15 is 0 Å². The molecule has 1 atom stereocenters. The number of aliphatic hydroxyl groups is 1. The normalized spacial score (nSPS) is 17.7. The molecule has 176 valence electrons. The number of methoxy groups -OCH3 is 1. The van der Waals surface area contributed by atoms with Gasteiger partial charge in [0, 0.05) is 12.1 Å². The minimum Gasteiger partial charge on any atom is -0.507 e. The van der Waals surface area contributed by atoms with Crippen molar-refractivity contribution in [2.45, 2.75) is 39.7 Å². The van der Waals surface area contributed by atoms with Crippen LogP contribution in [0.25, 0.3) is 5.76 Å². The third-order valence-electron chi connectivity index (χ3n) is 6.35. The van der Waals surface area contributed by atoms with Crippen LogP contribution in [0.3, 0.4) is 0 Å². The number of ether oxygens (including phenoxy) is 1. The third-order valence-corrected chi connectivity index (χ3v) is 6.35. The van der Waals surface area contributed by atoms with Crippen molar-refractivity contribution in [2.24, 2.45) is 0 Å². The summed E-state index contributed by atoms with van der Waals surface area (Å²) in [4.78, 5) is 30.1. The minimum absolute atomic E-state index is 0.125. The molecule has 6 heteroatoms. The number of hydrogen-bond donors (Lipinski definition) is 1. The average molecular weight is 451 g/mol. The summed E-state index contributed by atoms with van der Waals surface area (Å²) < 4.78 is 5.27. The van der Waals surface area contributed by atoms with Gasteiger partial charge in [-0.3, -0.25) is 9.59 Å². The fourth-order valence-electron chi connectivity index (χ4n) is 4.32. The van der Waals surface area contributed by atoms with Crippen LogP contribution in [0.4, 0.5) is 0 Å². The van der Waals surface area contributed by atoms with Gasteiger partial charge in [-0.2, -0.15) is 0 Å². The predicted molar refractivity (Wildman–Crippen MR) is 130 cm³/mol. The largest absolute Gasteiger partial charge is 0.507 e. The summed E-state index contributed by atoms with van der Waals surface area (Å²) in [7, 11) is 1.54. The maximum atomic E-state index is 13.2. The van der Waals surface area contributed by atoms with Crippen molar-refractivity contribution in [1.29, 1.82) is 0 Å². The molecule has 6 nitrogen and oxygen atoms in total. The van der Waals surface area contributed by atoms with Gasteiger partial charge in [-0.05, 0) is 55.7 Å². The Hall–Kier alpha value is -3.12. The zero-order valence-electron chi connectivity index (χ0n) is 20.0. The lowest BCUT2D eigenvalue weighted by Gasteiger charge is -2.27. The SMILES string of the molecule is CCc1ccc(C2/C(=C(\O)c3cccc(OC)c3)C(=O)C(=O)N2CCCN(CC)CC)cc1. The first-order valence-electron chi connectivity index (χ1n) is 11.7. The maximum Gasteiger partial charge on any atom is 0.295 e. The average Bonchev–Trinajstić information content (AvgIpc) is 3.11. The van der Waals surface area contributed by atoms with Gasteiger partial charge in [-0.15, -0.1) is 0 Å². The van der Waals surface area contributed by atoms with E-state index in [-0.39, 0.29) is 11.3 Å². The summed E-state index contributed by atoms with van der Waals surface area (Å²) in [5, 5.41) is 11.2. The van der Waals surface area contributed by atoms with Gasteiger partial charge in [0.05, 0.1) is 18.7 Å². The summed E-state index contributed by atoms with van der Waals surface area (Å²) in [5.74, 6) is -0.828. The van der Waals surface area contributed by atoms with Gasteiger partial charge < -0.3 is 19.6 Å². The van der Waals surface area contributed by atoms with Crippen molar-refractivity contribution in [1.82, 2.24) is 9.80 Å². The lowest BCUT2D eigenvalue weighted by atomic mass is 9.94. The lowest BCUT2D eigenvalue weighted by molar-refractivity contribution is -0.140. The van der Waals surface area contributed by atoms with E-state index < -0.39 is 17.7 Å². The van der Waals surface area contributed by atoms with Gasteiger partial charge in [0.25, 0.3) is 11.7 Å². The van der Waals surface area contributed by atoms with Gasteiger partial charge in [0.1, 0.15) is 11.5 Å². The van der Waals surface area contributed by atoms with Gasteiger partial charge in [0.15, 0.2) is 0 Å². The summed E-state index contributed by atoms with van der Waals surface area (Å²) in [6.07, 6.45) is 1.64. The molecular formula is C27H34N2O4. The second-order valence-electron chi connectivity index (χ2n) is 8.20. The predicted octanol–water partition coefficient (Wildman–Crippen LogP) is 4.41.